The van der Waals surface area contributed by atoms with Gasteiger partial charge in [0, 0.05) is 32.7 Å². The summed E-state index contributed by atoms with van der Waals surface area (Å²) >= 11 is 0. The van der Waals surface area contributed by atoms with E-state index in [1.54, 1.807) is 14.2 Å². The lowest BCUT2D eigenvalue weighted by molar-refractivity contribution is -0.147. The number of rotatable bonds is 2. The summed E-state index contributed by atoms with van der Waals surface area (Å²) < 4.78 is 11.0. The summed E-state index contributed by atoms with van der Waals surface area (Å²) in [6.07, 6.45) is 5.83. The molecule has 9 unspecified atom stereocenters. The SMILES string of the molecule is COC1CC2CCN3CC4C(CCC(OC)C4O)CC3C2CC1O. The van der Waals surface area contributed by atoms with Gasteiger partial charge < -0.3 is 19.7 Å². The molecular formula is C19H33NO4. The molecule has 5 nitrogen and oxygen atoms in total. The molecule has 2 N–H and O–H groups in total. The molecule has 24 heavy (non-hydrogen) atoms. The predicted molar refractivity (Wildman–Crippen MR) is 90.6 cm³/mol. The molecule has 0 bridgehead atoms. The molecule has 9 atom stereocenters. The van der Waals surface area contributed by atoms with Gasteiger partial charge in [0.05, 0.1) is 24.4 Å². The second-order valence-electron chi connectivity index (χ2n) is 8.59. The van der Waals surface area contributed by atoms with E-state index >= 15 is 0 Å². The molecule has 2 aliphatic heterocycles. The van der Waals surface area contributed by atoms with E-state index in [1.807, 2.05) is 0 Å². The van der Waals surface area contributed by atoms with Crippen LogP contribution in [0, 0.1) is 23.7 Å². The van der Waals surface area contributed by atoms with Crippen molar-refractivity contribution < 1.29 is 19.7 Å². The number of piperidine rings is 2. The van der Waals surface area contributed by atoms with Crippen LogP contribution in [0.2, 0.25) is 0 Å². The topological polar surface area (TPSA) is 62.2 Å². The summed E-state index contributed by atoms with van der Waals surface area (Å²) in [7, 11) is 3.45. The maximum atomic E-state index is 10.7. The lowest BCUT2D eigenvalue weighted by Crippen LogP contribution is -2.62. The van der Waals surface area contributed by atoms with Crippen LogP contribution in [0.1, 0.15) is 38.5 Å². The number of aliphatic hydroxyl groups excluding tert-OH is 2. The number of fused-ring (bicyclic) bond motifs is 4. The molecule has 0 radical (unpaired) electrons. The summed E-state index contributed by atoms with van der Waals surface area (Å²) in [6, 6.07) is 0.587. The first kappa shape index (κ1) is 17.2. The Morgan fingerprint density at radius 3 is 2.33 bits per heavy atom. The average Bonchev–Trinajstić information content (AvgIpc) is 2.60. The number of ether oxygens (including phenoxy) is 2. The summed E-state index contributed by atoms with van der Waals surface area (Å²) in [4.78, 5) is 2.61. The van der Waals surface area contributed by atoms with Crippen molar-refractivity contribution in [3.05, 3.63) is 0 Å². The van der Waals surface area contributed by atoms with Gasteiger partial charge in [-0.1, -0.05) is 0 Å². The lowest BCUT2D eigenvalue weighted by Gasteiger charge is -2.57. The van der Waals surface area contributed by atoms with Crippen molar-refractivity contribution in [3.63, 3.8) is 0 Å². The van der Waals surface area contributed by atoms with E-state index in [-0.39, 0.29) is 24.4 Å². The zero-order chi connectivity index (χ0) is 16.8. The second-order valence-corrected chi connectivity index (χ2v) is 8.59. The first-order chi connectivity index (χ1) is 11.6. The van der Waals surface area contributed by atoms with Crippen LogP contribution < -0.4 is 0 Å². The molecular weight excluding hydrogens is 306 g/mol. The van der Waals surface area contributed by atoms with E-state index in [2.05, 4.69) is 4.90 Å². The van der Waals surface area contributed by atoms with Crippen LogP contribution in [0.5, 0.6) is 0 Å². The molecule has 5 heteroatoms. The van der Waals surface area contributed by atoms with E-state index in [1.165, 1.54) is 19.3 Å². The van der Waals surface area contributed by atoms with Crippen LogP contribution in [0.4, 0.5) is 0 Å². The van der Waals surface area contributed by atoms with Gasteiger partial charge in [-0.3, -0.25) is 4.90 Å². The van der Waals surface area contributed by atoms with Gasteiger partial charge in [-0.15, -0.1) is 0 Å². The molecule has 0 aromatic rings. The Hall–Kier alpha value is -0.200. The highest BCUT2D eigenvalue weighted by Gasteiger charge is 2.51. The fourth-order valence-corrected chi connectivity index (χ4v) is 6.33. The third kappa shape index (κ3) is 2.82. The molecule has 2 saturated heterocycles. The third-order valence-electron chi connectivity index (χ3n) is 7.68. The van der Waals surface area contributed by atoms with E-state index in [9.17, 15) is 10.2 Å². The molecule has 138 valence electrons. The Morgan fingerprint density at radius 2 is 1.58 bits per heavy atom. The van der Waals surface area contributed by atoms with Gasteiger partial charge in [0.1, 0.15) is 0 Å². The van der Waals surface area contributed by atoms with Gasteiger partial charge >= 0.3 is 0 Å². The van der Waals surface area contributed by atoms with Crippen molar-refractivity contribution in [1.82, 2.24) is 4.90 Å². The van der Waals surface area contributed by atoms with Crippen LogP contribution in [0.3, 0.4) is 0 Å². The number of nitrogens with zero attached hydrogens (tertiary/aromatic N) is 1. The van der Waals surface area contributed by atoms with E-state index in [4.69, 9.17) is 9.47 Å². The Bertz CT molecular complexity index is 445. The highest BCUT2D eigenvalue weighted by molar-refractivity contribution is 5.03. The van der Waals surface area contributed by atoms with Crippen LogP contribution in [0.15, 0.2) is 0 Å². The Kier molecular flexibility index (Phi) is 4.91. The number of hydrogen-bond acceptors (Lipinski definition) is 5. The Morgan fingerprint density at radius 1 is 0.833 bits per heavy atom. The third-order valence-corrected chi connectivity index (χ3v) is 7.68. The zero-order valence-electron chi connectivity index (χ0n) is 15.0. The molecule has 0 aromatic carbocycles. The number of hydrogen-bond donors (Lipinski definition) is 2. The van der Waals surface area contributed by atoms with Crippen LogP contribution in [-0.4, -0.2) is 72.9 Å². The molecule has 4 aliphatic rings. The maximum absolute atomic E-state index is 10.7. The predicted octanol–water partition coefficient (Wildman–Crippen LogP) is 1.27. The number of aliphatic hydroxyl groups is 2. The molecule has 0 aromatic heterocycles. The minimum absolute atomic E-state index is 0.0132. The van der Waals surface area contributed by atoms with Gasteiger partial charge in [0.25, 0.3) is 0 Å². The molecule has 4 rings (SSSR count). The molecule has 0 spiro atoms. The minimum Gasteiger partial charge on any atom is -0.390 e. The van der Waals surface area contributed by atoms with Crippen LogP contribution in [-0.2, 0) is 9.47 Å². The smallest absolute Gasteiger partial charge is 0.0844 e. The molecule has 2 aliphatic carbocycles. The van der Waals surface area contributed by atoms with Gasteiger partial charge in [-0.05, 0) is 62.8 Å². The van der Waals surface area contributed by atoms with Crippen molar-refractivity contribution in [2.24, 2.45) is 23.7 Å². The summed E-state index contributed by atoms with van der Waals surface area (Å²) in [5, 5.41) is 21.1. The first-order valence-corrected chi connectivity index (χ1v) is 9.78. The lowest BCUT2D eigenvalue weighted by atomic mass is 9.62. The van der Waals surface area contributed by atoms with Gasteiger partial charge in [0.15, 0.2) is 0 Å². The van der Waals surface area contributed by atoms with E-state index < -0.39 is 0 Å². The van der Waals surface area contributed by atoms with Crippen molar-refractivity contribution in [3.8, 4) is 0 Å². The van der Waals surface area contributed by atoms with Gasteiger partial charge in [0.2, 0.25) is 0 Å². The Labute approximate surface area is 145 Å². The average molecular weight is 339 g/mol. The van der Waals surface area contributed by atoms with Crippen molar-refractivity contribution >= 4 is 0 Å². The fraction of sp³-hybridized carbons (Fsp3) is 1.00. The highest BCUT2D eigenvalue weighted by atomic mass is 16.5. The quantitative estimate of drug-likeness (QED) is 0.793. The fourth-order valence-electron chi connectivity index (χ4n) is 6.33. The van der Waals surface area contributed by atoms with Crippen molar-refractivity contribution in [2.75, 3.05) is 27.3 Å². The second kappa shape index (κ2) is 6.84. The molecule has 2 saturated carbocycles. The largest absolute Gasteiger partial charge is 0.390 e. The van der Waals surface area contributed by atoms with Crippen molar-refractivity contribution in [2.45, 2.75) is 69.0 Å². The van der Waals surface area contributed by atoms with Crippen LogP contribution >= 0.6 is 0 Å². The maximum Gasteiger partial charge on any atom is 0.0844 e. The summed E-state index contributed by atoms with van der Waals surface area (Å²) in [6.45, 7) is 2.13. The minimum atomic E-state index is -0.317. The van der Waals surface area contributed by atoms with Crippen LogP contribution in [0.25, 0.3) is 0 Å². The first-order valence-electron chi connectivity index (χ1n) is 9.78. The monoisotopic (exact) mass is 339 g/mol. The van der Waals surface area contributed by atoms with Gasteiger partial charge in [-0.2, -0.15) is 0 Å². The Balaban J connectivity index is 1.48. The van der Waals surface area contributed by atoms with Gasteiger partial charge in [-0.25, -0.2) is 0 Å². The number of methoxy groups -OCH3 is 2. The standard InChI is InChI=1S/C19H33NO4/c1-23-17-4-3-11-7-15-13-9-16(21)18(24-2)8-12(13)5-6-20(15)10-14(11)19(17)22/h11-19,21-22H,3-10H2,1-2H3. The molecule has 4 fully saturated rings. The van der Waals surface area contributed by atoms with E-state index in [0.717, 1.165) is 32.4 Å². The van der Waals surface area contributed by atoms with Crippen molar-refractivity contribution in [1.29, 1.82) is 0 Å². The summed E-state index contributed by atoms with van der Waals surface area (Å²) in [5.74, 6) is 2.26. The molecule has 0 amide bonds. The van der Waals surface area contributed by atoms with E-state index in [0.29, 0.717) is 29.7 Å². The summed E-state index contributed by atoms with van der Waals surface area (Å²) in [5.41, 5.74) is 0. The molecule has 2 heterocycles. The highest BCUT2D eigenvalue weighted by Crippen LogP contribution is 2.48. The zero-order valence-corrected chi connectivity index (χ0v) is 15.0. The normalized spacial score (nSPS) is 52.2.